The molecular weight excluding hydrogens is 112 g/mol. The summed E-state index contributed by atoms with van der Waals surface area (Å²) in [6.45, 7) is 0. The van der Waals surface area contributed by atoms with Gasteiger partial charge in [-0.2, -0.15) is 0 Å². The number of hydrogen-bond donors (Lipinski definition) is 0. The first-order chi connectivity index (χ1) is 4.34. The second kappa shape index (κ2) is 2.68. The number of Topliss-reactive ketones (excluding diaryl/α,β-unsaturated/α-hetero) is 1. The maximum absolute atomic E-state index is 10.9. The Labute approximate surface area is 55.4 Å². The van der Waals surface area contributed by atoms with E-state index in [1.807, 2.05) is 0 Å². The van der Waals surface area contributed by atoms with Crippen molar-refractivity contribution in [2.24, 2.45) is 5.92 Å². The molecular formula is C8H10O. The molecule has 1 aliphatic rings. The van der Waals surface area contributed by atoms with Gasteiger partial charge in [0, 0.05) is 6.42 Å². The third-order valence-corrected chi connectivity index (χ3v) is 1.76. The van der Waals surface area contributed by atoms with Crippen LogP contribution in [0, 0.1) is 18.3 Å². The molecule has 0 aromatic heterocycles. The molecule has 1 unspecified atom stereocenters. The molecule has 0 aromatic rings. The molecule has 1 rings (SSSR count). The molecule has 0 N–H and O–H groups in total. The van der Waals surface area contributed by atoms with Crippen LogP contribution in [0.15, 0.2) is 0 Å². The van der Waals surface area contributed by atoms with Gasteiger partial charge in [0.15, 0.2) is 0 Å². The standard InChI is InChI=1S/C8H10O/c1-2-7-5-3-4-6-8(7)9/h1,7H,3-6H2. The van der Waals surface area contributed by atoms with E-state index in [2.05, 4.69) is 5.92 Å². The van der Waals surface area contributed by atoms with E-state index in [9.17, 15) is 4.79 Å². The number of terminal acetylenes is 1. The number of rotatable bonds is 0. The highest BCUT2D eigenvalue weighted by Crippen LogP contribution is 2.19. The molecule has 1 nitrogen and oxygen atoms in total. The first-order valence-electron chi connectivity index (χ1n) is 3.33. The van der Waals surface area contributed by atoms with Crippen LogP contribution in [0.25, 0.3) is 0 Å². The van der Waals surface area contributed by atoms with Crippen LogP contribution in [0.2, 0.25) is 0 Å². The van der Waals surface area contributed by atoms with Crippen LogP contribution in [0.1, 0.15) is 25.7 Å². The zero-order chi connectivity index (χ0) is 6.69. The third-order valence-electron chi connectivity index (χ3n) is 1.76. The van der Waals surface area contributed by atoms with E-state index in [-0.39, 0.29) is 11.7 Å². The molecule has 0 bridgehead atoms. The fraction of sp³-hybridized carbons (Fsp3) is 0.625. The van der Waals surface area contributed by atoms with Crippen LogP contribution in [-0.4, -0.2) is 5.78 Å². The Bertz CT molecular complexity index is 152. The van der Waals surface area contributed by atoms with Gasteiger partial charge in [0.2, 0.25) is 0 Å². The zero-order valence-corrected chi connectivity index (χ0v) is 5.39. The number of carbonyl (C=O) groups is 1. The van der Waals surface area contributed by atoms with Crippen LogP contribution in [-0.2, 0) is 4.79 Å². The van der Waals surface area contributed by atoms with Gasteiger partial charge in [-0.05, 0) is 12.8 Å². The summed E-state index contributed by atoms with van der Waals surface area (Å²) in [6.07, 6.45) is 8.90. The topological polar surface area (TPSA) is 17.1 Å². The van der Waals surface area contributed by atoms with E-state index in [0.29, 0.717) is 6.42 Å². The van der Waals surface area contributed by atoms with Crippen LogP contribution in [0.3, 0.4) is 0 Å². The molecule has 48 valence electrons. The largest absolute Gasteiger partial charge is 0.298 e. The highest BCUT2D eigenvalue weighted by atomic mass is 16.1. The summed E-state index contributed by atoms with van der Waals surface area (Å²) >= 11 is 0. The summed E-state index contributed by atoms with van der Waals surface area (Å²) in [5.74, 6) is 2.71. The predicted octanol–water partition coefficient (Wildman–Crippen LogP) is 1.38. The van der Waals surface area contributed by atoms with Gasteiger partial charge >= 0.3 is 0 Å². The molecule has 1 heteroatoms. The van der Waals surface area contributed by atoms with E-state index in [4.69, 9.17) is 6.42 Å². The molecule has 0 spiro atoms. The molecule has 0 heterocycles. The summed E-state index contributed by atoms with van der Waals surface area (Å²) in [5, 5.41) is 0. The van der Waals surface area contributed by atoms with Crippen LogP contribution >= 0.6 is 0 Å². The fourth-order valence-corrected chi connectivity index (χ4v) is 1.16. The lowest BCUT2D eigenvalue weighted by molar-refractivity contribution is -0.122. The van der Waals surface area contributed by atoms with Crippen LogP contribution in [0.5, 0.6) is 0 Å². The second-order valence-corrected chi connectivity index (χ2v) is 2.43. The minimum atomic E-state index is -0.0567. The molecule has 1 fully saturated rings. The van der Waals surface area contributed by atoms with Gasteiger partial charge in [0.25, 0.3) is 0 Å². The molecule has 9 heavy (non-hydrogen) atoms. The maximum atomic E-state index is 10.9. The maximum Gasteiger partial charge on any atom is 0.147 e. The Morgan fingerprint density at radius 3 is 2.78 bits per heavy atom. The van der Waals surface area contributed by atoms with Crippen molar-refractivity contribution in [3.05, 3.63) is 0 Å². The van der Waals surface area contributed by atoms with E-state index < -0.39 is 0 Å². The van der Waals surface area contributed by atoms with Crippen molar-refractivity contribution in [3.8, 4) is 12.3 Å². The van der Waals surface area contributed by atoms with Crippen molar-refractivity contribution < 1.29 is 4.79 Å². The van der Waals surface area contributed by atoms with Gasteiger partial charge < -0.3 is 0 Å². The third kappa shape index (κ3) is 1.32. The van der Waals surface area contributed by atoms with Gasteiger partial charge in [0.1, 0.15) is 5.78 Å². The Kier molecular flexibility index (Phi) is 1.89. The molecule has 1 saturated carbocycles. The number of carbonyl (C=O) groups excluding carboxylic acids is 1. The molecule has 0 amide bonds. The zero-order valence-electron chi connectivity index (χ0n) is 5.39. The fourth-order valence-electron chi connectivity index (χ4n) is 1.16. The van der Waals surface area contributed by atoms with Gasteiger partial charge in [-0.3, -0.25) is 4.79 Å². The number of hydrogen-bond acceptors (Lipinski definition) is 1. The molecule has 1 aliphatic carbocycles. The quantitative estimate of drug-likeness (QED) is 0.443. The second-order valence-electron chi connectivity index (χ2n) is 2.43. The smallest absolute Gasteiger partial charge is 0.147 e. The van der Waals surface area contributed by atoms with Gasteiger partial charge in [-0.25, -0.2) is 0 Å². The van der Waals surface area contributed by atoms with Crippen molar-refractivity contribution in [2.45, 2.75) is 25.7 Å². The van der Waals surface area contributed by atoms with E-state index in [0.717, 1.165) is 19.3 Å². The number of ketones is 1. The highest BCUT2D eigenvalue weighted by molar-refractivity contribution is 5.84. The van der Waals surface area contributed by atoms with Crippen LogP contribution in [0.4, 0.5) is 0 Å². The summed E-state index contributed by atoms with van der Waals surface area (Å²) in [4.78, 5) is 10.9. The molecule has 0 radical (unpaired) electrons. The lowest BCUT2D eigenvalue weighted by atomic mass is 9.89. The van der Waals surface area contributed by atoms with Gasteiger partial charge in [-0.1, -0.05) is 12.3 Å². The van der Waals surface area contributed by atoms with Crippen LogP contribution < -0.4 is 0 Å². The first-order valence-corrected chi connectivity index (χ1v) is 3.33. The first kappa shape index (κ1) is 6.35. The van der Waals surface area contributed by atoms with Gasteiger partial charge in [-0.15, -0.1) is 6.42 Å². The molecule has 0 saturated heterocycles. The van der Waals surface area contributed by atoms with Gasteiger partial charge in [0.05, 0.1) is 5.92 Å². The summed E-state index contributed by atoms with van der Waals surface area (Å²) in [7, 11) is 0. The lowest BCUT2D eigenvalue weighted by Crippen LogP contribution is -2.16. The molecule has 0 aromatic carbocycles. The summed E-state index contributed by atoms with van der Waals surface area (Å²) in [6, 6.07) is 0. The van der Waals surface area contributed by atoms with Crippen molar-refractivity contribution in [2.75, 3.05) is 0 Å². The van der Waals surface area contributed by atoms with E-state index in [1.165, 1.54) is 0 Å². The Balaban J connectivity index is 2.51. The Morgan fingerprint density at radius 1 is 1.56 bits per heavy atom. The van der Waals surface area contributed by atoms with Crippen molar-refractivity contribution in [3.63, 3.8) is 0 Å². The normalized spacial score (nSPS) is 27.4. The van der Waals surface area contributed by atoms with Crippen molar-refractivity contribution in [1.82, 2.24) is 0 Å². The minimum absolute atomic E-state index is 0.0567. The van der Waals surface area contributed by atoms with E-state index in [1.54, 1.807) is 0 Å². The predicted molar refractivity (Wildman–Crippen MR) is 35.8 cm³/mol. The monoisotopic (exact) mass is 122 g/mol. The average molecular weight is 122 g/mol. The molecule has 1 atom stereocenters. The van der Waals surface area contributed by atoms with Crippen molar-refractivity contribution in [1.29, 1.82) is 0 Å². The average Bonchev–Trinajstić information content (AvgIpc) is 1.89. The Hall–Kier alpha value is -0.770. The Morgan fingerprint density at radius 2 is 2.33 bits per heavy atom. The van der Waals surface area contributed by atoms with E-state index >= 15 is 0 Å². The summed E-state index contributed by atoms with van der Waals surface area (Å²) in [5.41, 5.74) is 0. The lowest BCUT2D eigenvalue weighted by Gasteiger charge is -2.13. The summed E-state index contributed by atoms with van der Waals surface area (Å²) < 4.78 is 0. The minimum Gasteiger partial charge on any atom is -0.298 e. The SMILES string of the molecule is C#CC1CCCCC1=O. The highest BCUT2D eigenvalue weighted by Gasteiger charge is 2.18. The van der Waals surface area contributed by atoms with Crippen molar-refractivity contribution >= 4 is 5.78 Å². The molecule has 0 aliphatic heterocycles.